The molecule has 0 radical (unpaired) electrons. The summed E-state index contributed by atoms with van der Waals surface area (Å²) in [5.74, 6) is 1.80. The Morgan fingerprint density at radius 1 is 1.47 bits per heavy atom. The summed E-state index contributed by atoms with van der Waals surface area (Å²) in [7, 11) is 0. The van der Waals surface area contributed by atoms with E-state index in [4.69, 9.17) is 10.5 Å². The van der Waals surface area contributed by atoms with Crippen LogP contribution in [0.4, 0.5) is 0 Å². The minimum absolute atomic E-state index is 0.0121. The van der Waals surface area contributed by atoms with E-state index in [-0.39, 0.29) is 12.1 Å². The number of rotatable bonds is 3. The van der Waals surface area contributed by atoms with Crippen LogP contribution in [0.1, 0.15) is 18.7 Å². The summed E-state index contributed by atoms with van der Waals surface area (Å²) in [6.07, 6.45) is 1.78. The number of ether oxygens (including phenoxy) is 1. The van der Waals surface area contributed by atoms with E-state index in [0.717, 1.165) is 23.7 Å². The standard InChI is InChI=1S/C14H17N3OS/c1-2-17-10(7-8-16-17)14(15)12-9-19-13-6-4-3-5-11(13)18-12/h3-8,12,14H,2,9,15H2,1H3. The van der Waals surface area contributed by atoms with Gasteiger partial charge in [0.1, 0.15) is 11.9 Å². The summed E-state index contributed by atoms with van der Waals surface area (Å²) in [5.41, 5.74) is 7.38. The molecule has 0 saturated heterocycles. The second kappa shape index (κ2) is 5.27. The number of nitrogens with zero attached hydrogens (tertiary/aromatic N) is 2. The van der Waals surface area contributed by atoms with E-state index in [1.165, 1.54) is 4.90 Å². The van der Waals surface area contributed by atoms with Crippen LogP contribution in [0.5, 0.6) is 5.75 Å². The molecule has 0 amide bonds. The molecule has 0 spiro atoms. The topological polar surface area (TPSA) is 53.1 Å². The molecule has 0 fully saturated rings. The second-order valence-electron chi connectivity index (χ2n) is 4.51. The van der Waals surface area contributed by atoms with Gasteiger partial charge in [0.15, 0.2) is 0 Å². The third kappa shape index (κ3) is 2.35. The maximum Gasteiger partial charge on any atom is 0.133 e. The Balaban J connectivity index is 1.81. The molecular weight excluding hydrogens is 258 g/mol. The molecule has 0 saturated carbocycles. The summed E-state index contributed by atoms with van der Waals surface area (Å²) in [6.45, 7) is 2.89. The Kier molecular flexibility index (Phi) is 3.48. The molecule has 2 aromatic rings. The highest BCUT2D eigenvalue weighted by atomic mass is 32.2. The van der Waals surface area contributed by atoms with Crippen molar-refractivity contribution in [1.29, 1.82) is 0 Å². The number of nitrogens with two attached hydrogens (primary N) is 1. The van der Waals surface area contributed by atoms with Crippen LogP contribution in [0.3, 0.4) is 0 Å². The van der Waals surface area contributed by atoms with Crippen molar-refractivity contribution in [2.75, 3.05) is 5.75 Å². The lowest BCUT2D eigenvalue weighted by molar-refractivity contribution is 0.181. The quantitative estimate of drug-likeness (QED) is 0.935. The molecule has 0 aliphatic carbocycles. The SMILES string of the molecule is CCn1nccc1C(N)C1CSc2ccccc2O1. The zero-order chi connectivity index (χ0) is 13.2. The first-order valence-corrected chi connectivity index (χ1v) is 7.44. The van der Waals surface area contributed by atoms with Gasteiger partial charge in [-0.25, -0.2) is 0 Å². The van der Waals surface area contributed by atoms with Gasteiger partial charge in [-0.1, -0.05) is 12.1 Å². The third-order valence-electron chi connectivity index (χ3n) is 3.32. The van der Waals surface area contributed by atoms with Crippen molar-refractivity contribution in [2.24, 2.45) is 5.73 Å². The lowest BCUT2D eigenvalue weighted by Crippen LogP contribution is -2.36. The van der Waals surface area contributed by atoms with Crippen LogP contribution in [-0.4, -0.2) is 21.6 Å². The Hall–Kier alpha value is -1.46. The van der Waals surface area contributed by atoms with Crippen LogP contribution in [0, 0.1) is 0 Å². The number of hydrogen-bond acceptors (Lipinski definition) is 4. The van der Waals surface area contributed by atoms with Gasteiger partial charge in [-0.2, -0.15) is 5.10 Å². The van der Waals surface area contributed by atoms with Crippen molar-refractivity contribution in [3.05, 3.63) is 42.2 Å². The molecule has 2 N–H and O–H groups in total. The highest BCUT2D eigenvalue weighted by molar-refractivity contribution is 7.99. The molecule has 2 atom stereocenters. The zero-order valence-electron chi connectivity index (χ0n) is 10.8. The van der Waals surface area contributed by atoms with Crippen LogP contribution >= 0.6 is 11.8 Å². The molecule has 0 bridgehead atoms. The van der Waals surface area contributed by atoms with Crippen LogP contribution in [-0.2, 0) is 6.54 Å². The van der Waals surface area contributed by atoms with E-state index in [9.17, 15) is 0 Å². The minimum Gasteiger partial charge on any atom is -0.486 e. The van der Waals surface area contributed by atoms with Crippen molar-refractivity contribution in [3.8, 4) is 5.75 Å². The number of para-hydroxylation sites is 1. The Morgan fingerprint density at radius 2 is 2.32 bits per heavy atom. The molecule has 1 aromatic carbocycles. The second-order valence-corrected chi connectivity index (χ2v) is 5.57. The molecule has 3 rings (SSSR count). The molecule has 2 heterocycles. The monoisotopic (exact) mass is 275 g/mol. The lowest BCUT2D eigenvalue weighted by Gasteiger charge is -2.30. The van der Waals surface area contributed by atoms with E-state index in [2.05, 4.69) is 18.1 Å². The van der Waals surface area contributed by atoms with E-state index in [0.29, 0.717) is 0 Å². The van der Waals surface area contributed by atoms with Gasteiger partial charge >= 0.3 is 0 Å². The van der Waals surface area contributed by atoms with E-state index < -0.39 is 0 Å². The average molecular weight is 275 g/mol. The van der Waals surface area contributed by atoms with Crippen LogP contribution in [0.2, 0.25) is 0 Å². The Labute approximate surface area is 116 Å². The van der Waals surface area contributed by atoms with Gasteiger partial charge in [-0.15, -0.1) is 11.8 Å². The maximum atomic E-state index is 6.35. The predicted molar refractivity (Wildman–Crippen MR) is 76.4 cm³/mol. The molecule has 5 heteroatoms. The van der Waals surface area contributed by atoms with Gasteiger partial charge in [0.25, 0.3) is 0 Å². The van der Waals surface area contributed by atoms with E-state index in [1.807, 2.05) is 28.9 Å². The van der Waals surface area contributed by atoms with Crippen LogP contribution < -0.4 is 10.5 Å². The van der Waals surface area contributed by atoms with Crippen molar-refractivity contribution in [2.45, 2.75) is 30.5 Å². The van der Waals surface area contributed by atoms with Gasteiger partial charge in [-0.05, 0) is 25.1 Å². The van der Waals surface area contributed by atoms with Gasteiger partial charge in [0.2, 0.25) is 0 Å². The first kappa shape index (κ1) is 12.6. The highest BCUT2D eigenvalue weighted by Crippen LogP contribution is 2.37. The van der Waals surface area contributed by atoms with Gasteiger partial charge in [0.05, 0.1) is 11.7 Å². The normalized spacial score (nSPS) is 19.6. The molecule has 4 nitrogen and oxygen atoms in total. The average Bonchev–Trinajstić information content (AvgIpc) is 2.94. The predicted octanol–water partition coefficient (Wildman–Crippen LogP) is 2.46. The number of aryl methyl sites for hydroxylation is 1. The first-order chi connectivity index (χ1) is 9.29. The molecular formula is C14H17N3OS. The Morgan fingerprint density at radius 3 is 3.16 bits per heavy atom. The largest absolute Gasteiger partial charge is 0.486 e. The molecule has 100 valence electrons. The summed E-state index contributed by atoms with van der Waals surface area (Å²) in [5, 5.41) is 4.27. The fourth-order valence-corrected chi connectivity index (χ4v) is 3.35. The van der Waals surface area contributed by atoms with Crippen molar-refractivity contribution in [1.82, 2.24) is 9.78 Å². The third-order valence-corrected chi connectivity index (χ3v) is 4.47. The summed E-state index contributed by atoms with van der Waals surface area (Å²) >= 11 is 1.80. The number of fused-ring (bicyclic) bond motifs is 1. The first-order valence-electron chi connectivity index (χ1n) is 6.45. The van der Waals surface area contributed by atoms with Crippen LogP contribution in [0.15, 0.2) is 41.4 Å². The van der Waals surface area contributed by atoms with E-state index >= 15 is 0 Å². The number of aromatic nitrogens is 2. The van der Waals surface area contributed by atoms with Gasteiger partial charge in [-0.3, -0.25) is 4.68 Å². The molecule has 1 aromatic heterocycles. The molecule has 2 unspecified atom stereocenters. The summed E-state index contributed by atoms with van der Waals surface area (Å²) in [6, 6.07) is 9.92. The minimum atomic E-state index is -0.150. The van der Waals surface area contributed by atoms with Gasteiger partial charge in [0, 0.05) is 23.4 Å². The maximum absolute atomic E-state index is 6.35. The smallest absolute Gasteiger partial charge is 0.133 e. The Bertz CT molecular complexity index is 569. The fraction of sp³-hybridized carbons (Fsp3) is 0.357. The van der Waals surface area contributed by atoms with Crippen molar-refractivity contribution < 1.29 is 4.74 Å². The summed E-state index contributed by atoms with van der Waals surface area (Å²) < 4.78 is 7.96. The summed E-state index contributed by atoms with van der Waals surface area (Å²) in [4.78, 5) is 1.19. The molecule has 1 aliphatic heterocycles. The molecule has 19 heavy (non-hydrogen) atoms. The van der Waals surface area contributed by atoms with Crippen LogP contribution in [0.25, 0.3) is 0 Å². The number of benzene rings is 1. The number of hydrogen-bond donors (Lipinski definition) is 1. The van der Waals surface area contributed by atoms with Crippen molar-refractivity contribution in [3.63, 3.8) is 0 Å². The highest BCUT2D eigenvalue weighted by Gasteiger charge is 2.28. The van der Waals surface area contributed by atoms with E-state index in [1.54, 1.807) is 18.0 Å². The fourth-order valence-electron chi connectivity index (χ4n) is 2.29. The van der Waals surface area contributed by atoms with Crippen molar-refractivity contribution >= 4 is 11.8 Å². The number of thioether (sulfide) groups is 1. The zero-order valence-corrected chi connectivity index (χ0v) is 11.6. The molecule has 1 aliphatic rings. The van der Waals surface area contributed by atoms with Gasteiger partial charge < -0.3 is 10.5 Å². The lowest BCUT2D eigenvalue weighted by atomic mass is 10.1.